The number of rotatable bonds is 32. The third-order valence-corrected chi connectivity index (χ3v) is 11.2. The monoisotopic (exact) mass is 978 g/mol. The number of nitrogens with one attached hydrogen (secondary N) is 5. The van der Waals surface area contributed by atoms with E-state index in [-0.39, 0.29) is 95.1 Å². The molecular formula is C52H58FN5O13. The number of halogens is 1. The number of aliphatic carboxylic acids is 2. The second-order valence-electron chi connectivity index (χ2n) is 16.8. The maximum atomic E-state index is 14.0. The van der Waals surface area contributed by atoms with Gasteiger partial charge in [-0.1, -0.05) is 91.0 Å². The van der Waals surface area contributed by atoms with Gasteiger partial charge in [0.15, 0.2) is 17.8 Å². The standard InChI is InChI=1S/C52H58FN5O13/c53-40-20-18-37(19-21-40)50(67)56-44(29-36-15-8-3-9-16-36)45(62)31-39(28-35-13-6-2-7-14-35)49(66)55-32-42(61)17-10-26-54-48(65)38(27-34-11-4-1-5-12-34)30-41(60)22-23-43(51(68)69)57-52(70)58-46(71-33-59)24-25-47(63)64/h1-9,11-16,18-21,33,38-39,43-44,46H,10,17,22-32H2,(H,54,65)(H,55,66)(H,56,67)(H,63,64)(H,68,69)(H2,57,58,70)/t38-,39-,43+,44+,46-/m1/s1/i53-1. The van der Waals surface area contributed by atoms with Crippen molar-refractivity contribution in [2.75, 3.05) is 13.1 Å². The van der Waals surface area contributed by atoms with E-state index >= 15 is 0 Å². The number of hydrogen-bond donors (Lipinski definition) is 7. The summed E-state index contributed by atoms with van der Waals surface area (Å²) in [5.41, 5.74) is 2.42. The molecule has 4 aromatic carbocycles. The number of Topliss-reactive ketones (excluding diaryl/α,β-unsaturated/α-hetero) is 3. The Balaban J connectivity index is 1.32. The highest BCUT2D eigenvalue weighted by atomic mass is 18.2. The zero-order chi connectivity index (χ0) is 51.5. The molecule has 4 rings (SSSR count). The lowest BCUT2D eigenvalue weighted by Crippen LogP contribution is -2.49. The normalized spacial score (nSPS) is 12.9. The van der Waals surface area contributed by atoms with Crippen molar-refractivity contribution in [2.45, 2.75) is 88.9 Å². The summed E-state index contributed by atoms with van der Waals surface area (Å²) in [7, 11) is 0. The molecule has 0 bridgehead atoms. The topological polar surface area (TPSA) is 281 Å². The summed E-state index contributed by atoms with van der Waals surface area (Å²) < 4.78 is 18.2. The van der Waals surface area contributed by atoms with Gasteiger partial charge in [-0.25, -0.2) is 14.0 Å². The number of carbonyl (C=O) groups excluding carboxylic acids is 8. The number of benzene rings is 4. The van der Waals surface area contributed by atoms with Gasteiger partial charge < -0.3 is 41.5 Å². The summed E-state index contributed by atoms with van der Waals surface area (Å²) in [5.74, 6) is -7.94. The fraction of sp³-hybridized carbons (Fsp3) is 0.346. The van der Waals surface area contributed by atoms with E-state index in [1.54, 1.807) is 78.9 Å². The van der Waals surface area contributed by atoms with E-state index in [0.717, 1.165) is 28.8 Å². The molecular weight excluding hydrogens is 921 g/mol. The molecule has 19 heteroatoms. The number of ether oxygens (including phenoxy) is 1. The van der Waals surface area contributed by atoms with Crippen LogP contribution in [0.15, 0.2) is 115 Å². The molecule has 5 amide bonds. The van der Waals surface area contributed by atoms with Gasteiger partial charge in [0.1, 0.15) is 17.6 Å². The summed E-state index contributed by atoms with van der Waals surface area (Å²) >= 11 is 0. The first-order valence-corrected chi connectivity index (χ1v) is 23.0. The average molecular weight is 979 g/mol. The predicted octanol–water partition coefficient (Wildman–Crippen LogP) is 4.28. The van der Waals surface area contributed by atoms with Crippen molar-refractivity contribution in [3.8, 4) is 0 Å². The van der Waals surface area contributed by atoms with E-state index in [4.69, 9.17) is 5.11 Å². The third kappa shape index (κ3) is 21.0. The van der Waals surface area contributed by atoms with Crippen LogP contribution in [0.3, 0.4) is 0 Å². The number of carboxylic acids is 2. The fourth-order valence-corrected chi connectivity index (χ4v) is 7.48. The highest BCUT2D eigenvalue weighted by Crippen LogP contribution is 2.19. The highest BCUT2D eigenvalue weighted by Gasteiger charge is 2.30. The van der Waals surface area contributed by atoms with Gasteiger partial charge in [0.05, 0.1) is 19.0 Å². The van der Waals surface area contributed by atoms with Crippen LogP contribution in [-0.2, 0) is 62.4 Å². The van der Waals surface area contributed by atoms with Gasteiger partial charge in [0.25, 0.3) is 12.4 Å². The smallest absolute Gasteiger partial charge is 0.326 e. The molecule has 0 aliphatic heterocycles. The zero-order valence-corrected chi connectivity index (χ0v) is 38.9. The maximum absolute atomic E-state index is 14.0. The highest BCUT2D eigenvalue weighted by molar-refractivity contribution is 5.99. The van der Waals surface area contributed by atoms with Crippen molar-refractivity contribution < 1.29 is 67.3 Å². The Hall–Kier alpha value is -8.09. The number of hydrogen-bond acceptors (Lipinski definition) is 11. The van der Waals surface area contributed by atoms with Crippen LogP contribution in [0.2, 0.25) is 0 Å². The van der Waals surface area contributed by atoms with Crippen molar-refractivity contribution in [2.24, 2.45) is 11.8 Å². The Kier molecular flexibility index (Phi) is 23.2. The first-order valence-electron chi connectivity index (χ1n) is 23.0. The van der Waals surface area contributed by atoms with Crippen LogP contribution in [0.5, 0.6) is 0 Å². The SMILES string of the molecule is O=CO[C@H](CCC(=O)O)NC(=O)N[C@@H](CCC(=O)C[C@@H](Cc1ccccc1)C(=O)NCCCC(=O)CNC(=O)[C@@H](CC(=O)[C@H](Cc1ccccc1)NC(=O)c1ccc([18F])cc1)Cc1ccccc1)C(=O)O. The lowest BCUT2D eigenvalue weighted by atomic mass is 9.89. The molecule has 0 aliphatic carbocycles. The molecule has 18 nitrogen and oxygen atoms in total. The molecule has 0 radical (unpaired) electrons. The van der Waals surface area contributed by atoms with E-state index in [1.807, 2.05) is 12.1 Å². The number of carboxylic acid groups (broad SMARTS) is 2. The average Bonchev–Trinajstić information content (AvgIpc) is 3.35. The van der Waals surface area contributed by atoms with Crippen molar-refractivity contribution >= 4 is 59.5 Å². The minimum absolute atomic E-state index is 0.00317. The van der Waals surface area contributed by atoms with Gasteiger partial charge in [-0.2, -0.15) is 0 Å². The predicted molar refractivity (Wildman–Crippen MR) is 255 cm³/mol. The van der Waals surface area contributed by atoms with E-state index in [0.29, 0.717) is 0 Å². The molecule has 5 atom stereocenters. The quantitative estimate of drug-likeness (QED) is 0.0205. The first kappa shape index (κ1) is 55.5. The minimum atomic E-state index is -1.57. The van der Waals surface area contributed by atoms with Crippen molar-refractivity contribution in [3.05, 3.63) is 143 Å². The van der Waals surface area contributed by atoms with Crippen LogP contribution in [0, 0.1) is 17.7 Å². The van der Waals surface area contributed by atoms with E-state index in [2.05, 4.69) is 31.3 Å². The summed E-state index contributed by atoms with van der Waals surface area (Å²) in [6.07, 6.45) is -2.79. The number of urea groups is 1. The number of carbonyl (C=O) groups is 10. The van der Waals surface area contributed by atoms with Gasteiger partial charge >= 0.3 is 18.0 Å². The van der Waals surface area contributed by atoms with Gasteiger partial charge in [-0.05, 0) is 73.1 Å². The number of ketones is 3. The van der Waals surface area contributed by atoms with Gasteiger partial charge in [-0.15, -0.1) is 0 Å². The lowest BCUT2D eigenvalue weighted by Gasteiger charge is -2.22. The lowest BCUT2D eigenvalue weighted by molar-refractivity contribution is -0.141. The largest absolute Gasteiger partial charge is 0.481 e. The molecule has 7 N–H and O–H groups in total. The van der Waals surface area contributed by atoms with Crippen LogP contribution in [0.25, 0.3) is 0 Å². The van der Waals surface area contributed by atoms with Crippen LogP contribution >= 0.6 is 0 Å². The molecule has 0 saturated carbocycles. The molecule has 0 spiro atoms. The zero-order valence-electron chi connectivity index (χ0n) is 38.9. The summed E-state index contributed by atoms with van der Waals surface area (Å²) in [6, 6.07) is 28.0. The Morgan fingerprint density at radius 2 is 1.13 bits per heavy atom. The van der Waals surface area contributed by atoms with Crippen molar-refractivity contribution in [1.82, 2.24) is 26.6 Å². The van der Waals surface area contributed by atoms with Gasteiger partial charge in [-0.3, -0.25) is 38.4 Å². The number of amides is 5. The molecule has 376 valence electrons. The first-order chi connectivity index (χ1) is 34.1. The molecule has 0 aromatic heterocycles. The molecule has 0 aliphatic rings. The second kappa shape index (κ2) is 29.7. The summed E-state index contributed by atoms with van der Waals surface area (Å²) in [5, 5.41) is 31.1. The Morgan fingerprint density at radius 1 is 0.577 bits per heavy atom. The molecule has 0 saturated heterocycles. The van der Waals surface area contributed by atoms with E-state index in [1.165, 1.54) is 12.1 Å². The minimum Gasteiger partial charge on any atom is -0.481 e. The van der Waals surface area contributed by atoms with Gasteiger partial charge in [0, 0.05) is 56.0 Å². The summed E-state index contributed by atoms with van der Waals surface area (Å²) in [6.45, 7) is -0.328. The molecule has 71 heavy (non-hydrogen) atoms. The Bertz CT molecular complexity index is 2420. The van der Waals surface area contributed by atoms with Crippen molar-refractivity contribution in [1.29, 1.82) is 0 Å². The molecule has 0 fully saturated rings. The van der Waals surface area contributed by atoms with Crippen molar-refractivity contribution in [3.63, 3.8) is 0 Å². The molecule has 4 aromatic rings. The van der Waals surface area contributed by atoms with Crippen LogP contribution < -0.4 is 26.6 Å². The fourth-order valence-electron chi connectivity index (χ4n) is 7.48. The van der Waals surface area contributed by atoms with E-state index < -0.39 is 89.6 Å². The maximum Gasteiger partial charge on any atom is 0.326 e. The van der Waals surface area contributed by atoms with E-state index in [9.17, 15) is 57.4 Å². The third-order valence-electron chi connectivity index (χ3n) is 11.2. The Morgan fingerprint density at radius 3 is 1.68 bits per heavy atom. The second-order valence-corrected chi connectivity index (χ2v) is 16.8. The molecule has 0 unspecified atom stereocenters. The summed E-state index contributed by atoms with van der Waals surface area (Å²) in [4.78, 5) is 127. The van der Waals surface area contributed by atoms with Crippen LogP contribution in [0.4, 0.5) is 9.18 Å². The Labute approximate surface area is 409 Å². The molecule has 0 heterocycles. The van der Waals surface area contributed by atoms with Gasteiger partial charge in [0.2, 0.25) is 11.8 Å². The van der Waals surface area contributed by atoms with Crippen LogP contribution in [-0.4, -0.2) is 101 Å². The van der Waals surface area contributed by atoms with Crippen LogP contribution in [0.1, 0.15) is 78.4 Å².